The molecule has 1 amide bonds. The molecule has 1 aromatic heterocycles. The molecule has 2 N–H and O–H groups in total. The van der Waals surface area contributed by atoms with Crippen molar-refractivity contribution in [3.8, 4) is 0 Å². The van der Waals surface area contributed by atoms with Gasteiger partial charge in [0, 0.05) is 31.1 Å². The second kappa shape index (κ2) is 5.94. The number of nitrogens with one attached hydrogen (secondary N) is 1. The SMILES string of the molecule is CCn1cc(CCNC(=O)C23CCC(C(=O)O)(CC2)CC3)nn1. The molecule has 0 spiro atoms. The van der Waals surface area contributed by atoms with Crippen LogP contribution in [0.15, 0.2) is 6.20 Å². The number of hydrogen-bond donors (Lipinski definition) is 2. The molecule has 7 heteroatoms. The van der Waals surface area contributed by atoms with Gasteiger partial charge < -0.3 is 10.4 Å². The minimum absolute atomic E-state index is 0.0825. The Morgan fingerprint density at radius 3 is 2.35 bits per heavy atom. The molecule has 1 heterocycles. The largest absolute Gasteiger partial charge is 0.481 e. The fourth-order valence-electron chi connectivity index (χ4n) is 3.95. The van der Waals surface area contributed by atoms with Crippen molar-refractivity contribution in [1.82, 2.24) is 20.3 Å². The Kier molecular flexibility index (Phi) is 4.12. The number of amides is 1. The van der Waals surface area contributed by atoms with Crippen molar-refractivity contribution in [2.45, 2.75) is 58.4 Å². The average Bonchev–Trinajstić information content (AvgIpc) is 3.04. The lowest BCUT2D eigenvalue weighted by Crippen LogP contribution is -2.52. The maximum Gasteiger partial charge on any atom is 0.309 e. The number of aliphatic carboxylic acids is 1. The van der Waals surface area contributed by atoms with Gasteiger partial charge in [-0.1, -0.05) is 5.21 Å². The third-order valence-corrected chi connectivity index (χ3v) is 5.76. The lowest BCUT2D eigenvalue weighted by Gasteiger charge is -2.50. The average molecular weight is 320 g/mol. The highest BCUT2D eigenvalue weighted by Crippen LogP contribution is 2.57. The van der Waals surface area contributed by atoms with Gasteiger partial charge >= 0.3 is 5.97 Å². The van der Waals surface area contributed by atoms with E-state index in [0.29, 0.717) is 51.5 Å². The van der Waals surface area contributed by atoms with Gasteiger partial charge in [0.25, 0.3) is 0 Å². The van der Waals surface area contributed by atoms with Gasteiger partial charge in [-0.3, -0.25) is 14.3 Å². The minimum atomic E-state index is -0.690. The first-order valence-corrected chi connectivity index (χ1v) is 8.40. The van der Waals surface area contributed by atoms with E-state index in [0.717, 1.165) is 12.2 Å². The van der Waals surface area contributed by atoms with Crippen LogP contribution in [0.5, 0.6) is 0 Å². The number of aromatic nitrogens is 3. The van der Waals surface area contributed by atoms with E-state index < -0.39 is 11.4 Å². The van der Waals surface area contributed by atoms with E-state index in [1.165, 1.54) is 0 Å². The molecule has 7 nitrogen and oxygen atoms in total. The van der Waals surface area contributed by atoms with E-state index in [9.17, 15) is 14.7 Å². The third kappa shape index (κ3) is 2.84. The van der Waals surface area contributed by atoms with Crippen LogP contribution in [0, 0.1) is 10.8 Å². The zero-order valence-electron chi connectivity index (χ0n) is 13.5. The first kappa shape index (κ1) is 16.0. The van der Waals surface area contributed by atoms with Crippen LogP contribution >= 0.6 is 0 Å². The molecule has 0 unspecified atom stereocenters. The van der Waals surface area contributed by atoms with Crippen LogP contribution in [-0.2, 0) is 22.6 Å². The summed E-state index contributed by atoms with van der Waals surface area (Å²) >= 11 is 0. The quantitative estimate of drug-likeness (QED) is 0.825. The highest BCUT2D eigenvalue weighted by Gasteiger charge is 2.55. The van der Waals surface area contributed by atoms with Crippen LogP contribution in [0.4, 0.5) is 0 Å². The Morgan fingerprint density at radius 1 is 1.22 bits per heavy atom. The molecule has 1 aromatic rings. The van der Waals surface area contributed by atoms with Crippen molar-refractivity contribution in [1.29, 1.82) is 0 Å². The fraction of sp³-hybridized carbons (Fsp3) is 0.750. The number of nitrogens with zero attached hydrogens (tertiary/aromatic N) is 3. The molecule has 0 atom stereocenters. The van der Waals surface area contributed by atoms with Gasteiger partial charge in [0.2, 0.25) is 5.91 Å². The summed E-state index contributed by atoms with van der Waals surface area (Å²) in [5.41, 5.74) is -0.0410. The Morgan fingerprint density at radius 2 is 1.83 bits per heavy atom. The zero-order valence-corrected chi connectivity index (χ0v) is 13.5. The van der Waals surface area contributed by atoms with Gasteiger partial charge in [-0.2, -0.15) is 0 Å². The van der Waals surface area contributed by atoms with Crippen molar-refractivity contribution in [3.05, 3.63) is 11.9 Å². The number of hydrogen-bond acceptors (Lipinski definition) is 4. The Balaban J connectivity index is 1.52. The highest BCUT2D eigenvalue weighted by molar-refractivity contribution is 5.84. The van der Waals surface area contributed by atoms with E-state index in [4.69, 9.17) is 0 Å². The maximum absolute atomic E-state index is 12.6. The Hall–Kier alpha value is -1.92. The molecule has 3 aliphatic rings. The Bertz CT molecular complexity index is 586. The van der Waals surface area contributed by atoms with E-state index >= 15 is 0 Å². The first-order valence-electron chi connectivity index (χ1n) is 8.40. The number of carboxylic acid groups (broad SMARTS) is 1. The zero-order chi connectivity index (χ0) is 16.5. The van der Waals surface area contributed by atoms with Crippen LogP contribution in [0.2, 0.25) is 0 Å². The molecule has 3 fully saturated rings. The number of rotatable bonds is 6. The summed E-state index contributed by atoms with van der Waals surface area (Å²) in [6.07, 6.45) is 6.51. The molecule has 3 aliphatic carbocycles. The Labute approximate surface area is 135 Å². The first-order chi connectivity index (χ1) is 11.0. The lowest BCUT2D eigenvalue weighted by atomic mass is 9.53. The summed E-state index contributed by atoms with van der Waals surface area (Å²) in [6.45, 7) is 3.34. The van der Waals surface area contributed by atoms with E-state index in [1.807, 2.05) is 13.1 Å². The second-order valence-electron chi connectivity index (χ2n) is 6.94. The predicted octanol–water partition coefficient (Wildman–Crippen LogP) is 1.38. The minimum Gasteiger partial charge on any atom is -0.481 e. The number of aryl methyl sites for hydroxylation is 1. The normalized spacial score (nSPS) is 29.4. The lowest BCUT2D eigenvalue weighted by molar-refractivity contribution is -0.163. The molecule has 23 heavy (non-hydrogen) atoms. The molecule has 4 rings (SSSR count). The van der Waals surface area contributed by atoms with E-state index in [1.54, 1.807) is 4.68 Å². The maximum atomic E-state index is 12.6. The summed E-state index contributed by atoms with van der Waals surface area (Å²) in [5.74, 6) is -0.607. The van der Waals surface area contributed by atoms with Gasteiger partial charge in [0.1, 0.15) is 0 Å². The summed E-state index contributed by atoms with van der Waals surface area (Å²) in [7, 11) is 0. The highest BCUT2D eigenvalue weighted by atomic mass is 16.4. The van der Waals surface area contributed by atoms with Crippen LogP contribution < -0.4 is 5.32 Å². The summed E-state index contributed by atoms with van der Waals surface area (Å²) in [5, 5.41) is 20.5. The topological polar surface area (TPSA) is 97.1 Å². The molecule has 0 aromatic carbocycles. The third-order valence-electron chi connectivity index (χ3n) is 5.76. The fourth-order valence-corrected chi connectivity index (χ4v) is 3.95. The number of fused-ring (bicyclic) bond motifs is 3. The van der Waals surface area contributed by atoms with Crippen LogP contribution in [0.1, 0.15) is 51.1 Å². The molecule has 2 bridgehead atoms. The molecular weight excluding hydrogens is 296 g/mol. The molecule has 0 aliphatic heterocycles. The van der Waals surface area contributed by atoms with Gasteiger partial charge in [0.15, 0.2) is 0 Å². The summed E-state index contributed by atoms with van der Waals surface area (Å²) < 4.78 is 1.77. The van der Waals surface area contributed by atoms with Gasteiger partial charge in [0.05, 0.1) is 11.1 Å². The molecular formula is C16H24N4O3. The second-order valence-corrected chi connectivity index (χ2v) is 6.94. The summed E-state index contributed by atoms with van der Waals surface area (Å²) in [6, 6.07) is 0. The van der Waals surface area contributed by atoms with Crippen molar-refractivity contribution < 1.29 is 14.7 Å². The molecule has 126 valence electrons. The monoisotopic (exact) mass is 320 g/mol. The predicted molar refractivity (Wildman–Crippen MR) is 82.6 cm³/mol. The molecule has 3 saturated carbocycles. The molecule has 0 radical (unpaired) electrons. The van der Waals surface area contributed by atoms with Crippen molar-refractivity contribution in [3.63, 3.8) is 0 Å². The van der Waals surface area contributed by atoms with Gasteiger partial charge in [-0.05, 0) is 45.4 Å². The summed E-state index contributed by atoms with van der Waals surface area (Å²) in [4.78, 5) is 24.0. The number of carbonyl (C=O) groups is 2. The van der Waals surface area contributed by atoms with Crippen LogP contribution in [0.3, 0.4) is 0 Å². The van der Waals surface area contributed by atoms with Crippen molar-refractivity contribution >= 4 is 11.9 Å². The van der Waals surface area contributed by atoms with Gasteiger partial charge in [-0.15, -0.1) is 5.10 Å². The van der Waals surface area contributed by atoms with Crippen LogP contribution in [0.25, 0.3) is 0 Å². The van der Waals surface area contributed by atoms with E-state index in [-0.39, 0.29) is 11.3 Å². The number of carboxylic acids is 1. The van der Waals surface area contributed by atoms with Crippen molar-refractivity contribution in [2.24, 2.45) is 10.8 Å². The number of carbonyl (C=O) groups excluding carboxylic acids is 1. The standard InChI is InChI=1S/C16H24N4O3/c1-2-20-11-12(18-19-20)3-10-17-13(21)15-4-7-16(8-5-15,9-6-15)14(22)23/h11H,2-10H2,1H3,(H,17,21)(H,22,23). The van der Waals surface area contributed by atoms with E-state index in [2.05, 4.69) is 15.6 Å². The smallest absolute Gasteiger partial charge is 0.309 e. The molecule has 0 saturated heterocycles. The van der Waals surface area contributed by atoms with Crippen LogP contribution in [-0.4, -0.2) is 38.5 Å². The van der Waals surface area contributed by atoms with Crippen molar-refractivity contribution in [2.75, 3.05) is 6.54 Å². The van der Waals surface area contributed by atoms with Gasteiger partial charge in [-0.25, -0.2) is 0 Å².